The van der Waals surface area contributed by atoms with Crippen LogP contribution >= 0.6 is 11.6 Å². The van der Waals surface area contributed by atoms with Gasteiger partial charge in [0, 0.05) is 25.2 Å². The summed E-state index contributed by atoms with van der Waals surface area (Å²) in [6, 6.07) is 0. The summed E-state index contributed by atoms with van der Waals surface area (Å²) in [5.41, 5.74) is 0.934. The molecule has 1 aromatic rings. The molecule has 15 heavy (non-hydrogen) atoms. The summed E-state index contributed by atoms with van der Waals surface area (Å²) < 4.78 is 6.50. The minimum absolute atomic E-state index is 0.178. The molecule has 1 heterocycles. The summed E-state index contributed by atoms with van der Waals surface area (Å²) in [6.07, 6.45) is 4.48. The molecular formula is C10H15ClN2O2. The van der Waals surface area contributed by atoms with Gasteiger partial charge in [-0.3, -0.25) is 9.48 Å². The zero-order valence-corrected chi connectivity index (χ0v) is 9.70. The molecule has 0 aliphatic heterocycles. The van der Waals surface area contributed by atoms with Crippen molar-refractivity contribution in [2.24, 2.45) is 7.05 Å². The van der Waals surface area contributed by atoms with Crippen molar-refractivity contribution in [3.8, 4) is 0 Å². The number of esters is 1. The molecule has 0 bridgehead atoms. The highest BCUT2D eigenvalue weighted by Gasteiger charge is 2.12. The first-order chi connectivity index (χ1) is 7.13. The van der Waals surface area contributed by atoms with Crippen LogP contribution in [-0.2, 0) is 16.6 Å². The number of hydrogen-bond donors (Lipinski definition) is 0. The topological polar surface area (TPSA) is 44.1 Å². The van der Waals surface area contributed by atoms with E-state index in [0.717, 1.165) is 5.56 Å². The van der Waals surface area contributed by atoms with E-state index in [1.807, 2.05) is 13.2 Å². The molecule has 1 atom stereocenters. The van der Waals surface area contributed by atoms with E-state index in [-0.39, 0.29) is 11.3 Å². The minimum atomic E-state index is -0.202. The standard InChI is InChI=1S/C10H15ClN2O2/c1-3-15-10(14)5-4-9(11)8-6-12-13(2)7-8/h6-7,9H,3-5H2,1-2H3. The Kier molecular flexibility index (Phi) is 4.62. The number of halogens is 1. The number of carbonyl (C=O) groups excluding carboxylic acids is 1. The predicted octanol–water partition coefficient (Wildman–Crippen LogP) is 2.04. The second-order valence-electron chi connectivity index (χ2n) is 3.26. The number of ether oxygens (including phenoxy) is 1. The molecule has 0 saturated carbocycles. The molecule has 0 saturated heterocycles. The molecule has 1 aromatic heterocycles. The summed E-state index contributed by atoms with van der Waals surface area (Å²) in [5.74, 6) is -0.202. The Balaban J connectivity index is 2.36. The predicted molar refractivity (Wildman–Crippen MR) is 57.7 cm³/mol. The summed E-state index contributed by atoms with van der Waals surface area (Å²) in [7, 11) is 1.83. The Labute approximate surface area is 94.2 Å². The van der Waals surface area contributed by atoms with E-state index in [1.54, 1.807) is 17.8 Å². The molecule has 0 radical (unpaired) electrons. The maximum atomic E-state index is 11.1. The van der Waals surface area contributed by atoms with Gasteiger partial charge in [-0.2, -0.15) is 5.10 Å². The Morgan fingerprint density at radius 2 is 2.47 bits per heavy atom. The van der Waals surface area contributed by atoms with Crippen LogP contribution in [0.25, 0.3) is 0 Å². The molecule has 0 amide bonds. The molecule has 0 N–H and O–H groups in total. The quantitative estimate of drug-likeness (QED) is 0.574. The van der Waals surface area contributed by atoms with Gasteiger partial charge in [0.1, 0.15) is 0 Å². The van der Waals surface area contributed by atoms with Crippen LogP contribution in [0, 0.1) is 0 Å². The lowest BCUT2D eigenvalue weighted by Gasteiger charge is -2.06. The first-order valence-corrected chi connectivity index (χ1v) is 5.35. The number of rotatable bonds is 5. The van der Waals surface area contributed by atoms with Gasteiger partial charge >= 0.3 is 5.97 Å². The van der Waals surface area contributed by atoms with Crippen molar-refractivity contribution < 1.29 is 9.53 Å². The maximum absolute atomic E-state index is 11.1. The van der Waals surface area contributed by atoms with Crippen molar-refractivity contribution in [1.82, 2.24) is 9.78 Å². The lowest BCUT2D eigenvalue weighted by atomic mass is 10.1. The van der Waals surface area contributed by atoms with Crippen LogP contribution in [0.1, 0.15) is 30.7 Å². The molecule has 1 unspecified atom stereocenters. The molecule has 0 spiro atoms. The highest BCUT2D eigenvalue weighted by Crippen LogP contribution is 2.24. The summed E-state index contributed by atoms with van der Waals surface area (Å²) in [4.78, 5) is 11.1. The third kappa shape index (κ3) is 3.91. The van der Waals surface area contributed by atoms with Crippen LogP contribution in [0.2, 0.25) is 0 Å². The highest BCUT2D eigenvalue weighted by atomic mass is 35.5. The number of aryl methyl sites for hydroxylation is 1. The number of carbonyl (C=O) groups is 1. The van der Waals surface area contributed by atoms with E-state index in [9.17, 15) is 4.79 Å². The van der Waals surface area contributed by atoms with E-state index in [1.165, 1.54) is 0 Å². The third-order valence-corrected chi connectivity index (χ3v) is 2.46. The van der Waals surface area contributed by atoms with E-state index in [0.29, 0.717) is 19.4 Å². The molecule has 0 fully saturated rings. The fraction of sp³-hybridized carbons (Fsp3) is 0.600. The van der Waals surface area contributed by atoms with E-state index < -0.39 is 0 Å². The van der Waals surface area contributed by atoms with Gasteiger partial charge in [0.15, 0.2) is 0 Å². The molecule has 0 aliphatic rings. The molecule has 84 valence electrons. The average Bonchev–Trinajstić information content (AvgIpc) is 2.62. The monoisotopic (exact) mass is 230 g/mol. The van der Waals surface area contributed by atoms with Gasteiger partial charge in [0.05, 0.1) is 18.2 Å². The van der Waals surface area contributed by atoms with Crippen LogP contribution in [0.5, 0.6) is 0 Å². The smallest absolute Gasteiger partial charge is 0.305 e. The molecule has 4 nitrogen and oxygen atoms in total. The Morgan fingerprint density at radius 1 is 1.73 bits per heavy atom. The first-order valence-electron chi connectivity index (χ1n) is 4.91. The lowest BCUT2D eigenvalue weighted by Crippen LogP contribution is -2.04. The molecule has 0 aliphatic carbocycles. The Bertz CT molecular complexity index is 325. The van der Waals surface area contributed by atoms with Crippen LogP contribution in [0.3, 0.4) is 0 Å². The van der Waals surface area contributed by atoms with Crippen LogP contribution in [-0.4, -0.2) is 22.4 Å². The van der Waals surface area contributed by atoms with E-state index >= 15 is 0 Å². The van der Waals surface area contributed by atoms with Gasteiger partial charge in [0.25, 0.3) is 0 Å². The van der Waals surface area contributed by atoms with Crippen LogP contribution in [0.4, 0.5) is 0 Å². The summed E-state index contributed by atoms with van der Waals surface area (Å²) in [6.45, 7) is 2.20. The number of nitrogens with zero attached hydrogens (tertiary/aromatic N) is 2. The fourth-order valence-electron chi connectivity index (χ4n) is 1.25. The molecule has 0 aromatic carbocycles. The first kappa shape index (κ1) is 12.0. The van der Waals surface area contributed by atoms with Gasteiger partial charge < -0.3 is 4.74 Å². The molecular weight excluding hydrogens is 216 g/mol. The van der Waals surface area contributed by atoms with Gasteiger partial charge in [0.2, 0.25) is 0 Å². The fourth-order valence-corrected chi connectivity index (χ4v) is 1.47. The zero-order chi connectivity index (χ0) is 11.3. The van der Waals surface area contributed by atoms with Crippen molar-refractivity contribution in [2.75, 3.05) is 6.61 Å². The second kappa shape index (κ2) is 5.75. The van der Waals surface area contributed by atoms with Crippen molar-refractivity contribution in [2.45, 2.75) is 25.1 Å². The SMILES string of the molecule is CCOC(=O)CCC(Cl)c1cnn(C)c1. The zero-order valence-electron chi connectivity index (χ0n) is 8.94. The van der Waals surface area contributed by atoms with E-state index in [4.69, 9.17) is 16.3 Å². The molecule has 1 rings (SSSR count). The molecule has 5 heteroatoms. The van der Waals surface area contributed by atoms with Crippen LogP contribution in [0.15, 0.2) is 12.4 Å². The maximum Gasteiger partial charge on any atom is 0.305 e. The van der Waals surface area contributed by atoms with Crippen molar-refractivity contribution in [3.05, 3.63) is 18.0 Å². The largest absolute Gasteiger partial charge is 0.466 e. The van der Waals surface area contributed by atoms with Crippen molar-refractivity contribution >= 4 is 17.6 Å². The average molecular weight is 231 g/mol. The van der Waals surface area contributed by atoms with Gasteiger partial charge in [-0.05, 0) is 13.3 Å². The van der Waals surface area contributed by atoms with Gasteiger partial charge in [-0.15, -0.1) is 11.6 Å². The van der Waals surface area contributed by atoms with Crippen molar-refractivity contribution in [1.29, 1.82) is 0 Å². The van der Waals surface area contributed by atoms with E-state index in [2.05, 4.69) is 5.10 Å². The lowest BCUT2D eigenvalue weighted by molar-refractivity contribution is -0.143. The summed E-state index contributed by atoms with van der Waals surface area (Å²) in [5, 5.41) is 3.84. The Morgan fingerprint density at radius 3 is 3.00 bits per heavy atom. The number of hydrogen-bond acceptors (Lipinski definition) is 3. The minimum Gasteiger partial charge on any atom is -0.466 e. The number of alkyl halides is 1. The second-order valence-corrected chi connectivity index (χ2v) is 3.79. The normalized spacial score (nSPS) is 12.5. The Hall–Kier alpha value is -1.03. The van der Waals surface area contributed by atoms with Crippen LogP contribution < -0.4 is 0 Å². The van der Waals surface area contributed by atoms with Gasteiger partial charge in [-0.1, -0.05) is 0 Å². The van der Waals surface area contributed by atoms with Crippen molar-refractivity contribution in [3.63, 3.8) is 0 Å². The third-order valence-electron chi connectivity index (χ3n) is 1.99. The number of aromatic nitrogens is 2. The highest BCUT2D eigenvalue weighted by molar-refractivity contribution is 6.20. The van der Waals surface area contributed by atoms with Gasteiger partial charge in [-0.25, -0.2) is 0 Å². The summed E-state index contributed by atoms with van der Waals surface area (Å²) >= 11 is 6.10.